The summed E-state index contributed by atoms with van der Waals surface area (Å²) in [5.41, 5.74) is 0.632. The first kappa shape index (κ1) is 11.6. The van der Waals surface area contributed by atoms with Gasteiger partial charge in [-0.2, -0.15) is 0 Å². The molecule has 5 heteroatoms. The van der Waals surface area contributed by atoms with Gasteiger partial charge >= 0.3 is 6.09 Å². The first-order chi connectivity index (χ1) is 8.29. The van der Waals surface area contributed by atoms with Crippen molar-refractivity contribution < 1.29 is 19.0 Å². The van der Waals surface area contributed by atoms with Gasteiger partial charge < -0.3 is 14.2 Å². The molecule has 0 radical (unpaired) electrons. The Bertz CT molecular complexity index is 405. The molecule has 0 saturated carbocycles. The van der Waals surface area contributed by atoms with Crippen molar-refractivity contribution in [3.63, 3.8) is 0 Å². The minimum Gasteiger partial charge on any atom is -0.490 e. The second-order valence-corrected chi connectivity index (χ2v) is 3.56. The van der Waals surface area contributed by atoms with Crippen molar-refractivity contribution in [2.45, 2.75) is 13.3 Å². The van der Waals surface area contributed by atoms with Crippen LogP contribution >= 0.6 is 0 Å². The summed E-state index contributed by atoms with van der Waals surface area (Å²) < 4.78 is 15.8. The molecule has 0 unspecified atom stereocenters. The van der Waals surface area contributed by atoms with Crippen molar-refractivity contribution in [1.29, 1.82) is 0 Å². The van der Waals surface area contributed by atoms with E-state index in [1.165, 1.54) is 0 Å². The van der Waals surface area contributed by atoms with E-state index in [9.17, 15) is 4.79 Å². The van der Waals surface area contributed by atoms with E-state index < -0.39 is 6.09 Å². The highest BCUT2D eigenvalue weighted by molar-refractivity contribution is 5.85. The molecule has 1 aliphatic heterocycles. The van der Waals surface area contributed by atoms with Gasteiger partial charge in [0.05, 0.1) is 19.8 Å². The second kappa shape index (κ2) is 5.43. The number of carbonyl (C=O) groups excluding carboxylic acids is 1. The number of anilines is 1. The minimum atomic E-state index is -0.470. The standard InChI is InChI=1S/C12H15NO4/c1-2-15-12(14)13-9-4-5-10-11(8-9)17-7-3-6-16-10/h4-5,8H,2-3,6-7H2,1H3,(H,13,14). The molecule has 0 atom stereocenters. The summed E-state index contributed by atoms with van der Waals surface area (Å²) >= 11 is 0. The molecule has 92 valence electrons. The summed E-state index contributed by atoms with van der Waals surface area (Å²) in [6.45, 7) is 3.37. The largest absolute Gasteiger partial charge is 0.490 e. The Balaban J connectivity index is 2.09. The molecular formula is C12H15NO4. The van der Waals surface area contributed by atoms with Crippen molar-refractivity contribution in [2.75, 3.05) is 25.1 Å². The van der Waals surface area contributed by atoms with Gasteiger partial charge in [-0.1, -0.05) is 0 Å². The van der Waals surface area contributed by atoms with Crippen LogP contribution in [0.1, 0.15) is 13.3 Å². The number of fused-ring (bicyclic) bond motifs is 1. The number of hydrogen-bond donors (Lipinski definition) is 1. The average Bonchev–Trinajstić information content (AvgIpc) is 2.53. The Morgan fingerprint density at radius 2 is 2.12 bits per heavy atom. The average molecular weight is 237 g/mol. The third kappa shape index (κ3) is 3.03. The van der Waals surface area contributed by atoms with Crippen molar-refractivity contribution >= 4 is 11.8 Å². The third-order valence-electron chi connectivity index (χ3n) is 2.27. The van der Waals surface area contributed by atoms with E-state index in [0.29, 0.717) is 37.0 Å². The Kier molecular flexibility index (Phi) is 3.69. The van der Waals surface area contributed by atoms with E-state index in [1.807, 2.05) is 0 Å². The quantitative estimate of drug-likeness (QED) is 0.858. The summed E-state index contributed by atoms with van der Waals surface area (Å²) in [4.78, 5) is 11.2. The maximum absolute atomic E-state index is 11.2. The van der Waals surface area contributed by atoms with Crippen molar-refractivity contribution in [1.82, 2.24) is 0 Å². The van der Waals surface area contributed by atoms with Gasteiger partial charge in [-0.05, 0) is 19.1 Å². The maximum Gasteiger partial charge on any atom is 0.411 e. The van der Waals surface area contributed by atoms with E-state index in [4.69, 9.17) is 14.2 Å². The van der Waals surface area contributed by atoms with Crippen molar-refractivity contribution in [2.24, 2.45) is 0 Å². The van der Waals surface area contributed by atoms with Gasteiger partial charge in [0.15, 0.2) is 11.5 Å². The molecule has 0 spiro atoms. The molecular weight excluding hydrogens is 222 g/mol. The van der Waals surface area contributed by atoms with Gasteiger partial charge in [0.1, 0.15) is 0 Å². The second-order valence-electron chi connectivity index (χ2n) is 3.56. The maximum atomic E-state index is 11.2. The first-order valence-electron chi connectivity index (χ1n) is 5.63. The highest BCUT2D eigenvalue weighted by atomic mass is 16.5. The molecule has 0 saturated heterocycles. The lowest BCUT2D eigenvalue weighted by molar-refractivity contribution is 0.168. The first-order valence-corrected chi connectivity index (χ1v) is 5.63. The highest BCUT2D eigenvalue weighted by Gasteiger charge is 2.11. The molecule has 1 heterocycles. The monoisotopic (exact) mass is 237 g/mol. The normalized spacial score (nSPS) is 13.7. The Labute approximate surface area is 99.7 Å². The van der Waals surface area contributed by atoms with Gasteiger partial charge in [-0.15, -0.1) is 0 Å². The summed E-state index contributed by atoms with van der Waals surface area (Å²) in [5.74, 6) is 1.36. The fourth-order valence-electron chi connectivity index (χ4n) is 1.53. The smallest absolute Gasteiger partial charge is 0.411 e. The number of amides is 1. The van der Waals surface area contributed by atoms with Crippen LogP contribution in [0.5, 0.6) is 11.5 Å². The van der Waals surface area contributed by atoms with Crippen LogP contribution in [0.3, 0.4) is 0 Å². The van der Waals surface area contributed by atoms with Crippen LogP contribution in [0.15, 0.2) is 18.2 Å². The third-order valence-corrected chi connectivity index (χ3v) is 2.27. The number of carbonyl (C=O) groups is 1. The highest BCUT2D eigenvalue weighted by Crippen LogP contribution is 2.32. The van der Waals surface area contributed by atoms with Gasteiger partial charge in [0.25, 0.3) is 0 Å². The SMILES string of the molecule is CCOC(=O)Nc1ccc2c(c1)OCCCO2. The molecule has 17 heavy (non-hydrogen) atoms. The fraction of sp³-hybridized carbons (Fsp3) is 0.417. The molecule has 2 rings (SSSR count). The summed E-state index contributed by atoms with van der Waals surface area (Å²) in [6, 6.07) is 5.27. The number of rotatable bonds is 2. The zero-order valence-electron chi connectivity index (χ0n) is 9.69. The van der Waals surface area contributed by atoms with Crippen LogP contribution in [-0.2, 0) is 4.74 Å². The summed E-state index contributed by atoms with van der Waals surface area (Å²) in [5, 5.41) is 2.62. The Morgan fingerprint density at radius 3 is 2.88 bits per heavy atom. The topological polar surface area (TPSA) is 56.8 Å². The molecule has 1 aromatic carbocycles. The van der Waals surface area contributed by atoms with Crippen molar-refractivity contribution in [3.8, 4) is 11.5 Å². The molecule has 1 N–H and O–H groups in total. The fourth-order valence-corrected chi connectivity index (χ4v) is 1.53. The summed E-state index contributed by atoms with van der Waals surface area (Å²) in [7, 11) is 0. The van der Waals surface area contributed by atoms with Crippen LogP contribution in [0.2, 0.25) is 0 Å². The van der Waals surface area contributed by atoms with E-state index in [-0.39, 0.29) is 0 Å². The van der Waals surface area contributed by atoms with Crippen molar-refractivity contribution in [3.05, 3.63) is 18.2 Å². The van der Waals surface area contributed by atoms with Crippen LogP contribution in [0.4, 0.5) is 10.5 Å². The van der Waals surface area contributed by atoms with Crippen LogP contribution in [0, 0.1) is 0 Å². The van der Waals surface area contributed by atoms with Gasteiger partial charge in [0, 0.05) is 18.2 Å². The van der Waals surface area contributed by atoms with Crippen LogP contribution in [-0.4, -0.2) is 25.9 Å². The minimum absolute atomic E-state index is 0.344. The Hall–Kier alpha value is -1.91. The van der Waals surface area contributed by atoms with Gasteiger partial charge in [-0.25, -0.2) is 4.79 Å². The van der Waals surface area contributed by atoms with E-state index in [2.05, 4.69) is 5.32 Å². The molecule has 1 aromatic rings. The lowest BCUT2D eigenvalue weighted by atomic mass is 10.3. The van der Waals surface area contributed by atoms with E-state index in [0.717, 1.165) is 6.42 Å². The molecule has 0 bridgehead atoms. The number of hydrogen-bond acceptors (Lipinski definition) is 4. The zero-order valence-corrected chi connectivity index (χ0v) is 9.69. The predicted octanol–water partition coefficient (Wildman–Crippen LogP) is 2.42. The predicted molar refractivity (Wildman–Crippen MR) is 62.7 cm³/mol. The lowest BCUT2D eigenvalue weighted by Crippen LogP contribution is -2.13. The van der Waals surface area contributed by atoms with Gasteiger partial charge in [0.2, 0.25) is 0 Å². The molecule has 0 aliphatic carbocycles. The molecule has 0 fully saturated rings. The van der Waals surface area contributed by atoms with E-state index in [1.54, 1.807) is 25.1 Å². The van der Waals surface area contributed by atoms with E-state index >= 15 is 0 Å². The van der Waals surface area contributed by atoms with Crippen LogP contribution in [0.25, 0.3) is 0 Å². The molecule has 5 nitrogen and oxygen atoms in total. The molecule has 1 aliphatic rings. The van der Waals surface area contributed by atoms with Crippen LogP contribution < -0.4 is 14.8 Å². The van der Waals surface area contributed by atoms with Gasteiger partial charge in [-0.3, -0.25) is 5.32 Å². The zero-order chi connectivity index (χ0) is 12.1. The lowest BCUT2D eigenvalue weighted by Gasteiger charge is -2.10. The number of benzene rings is 1. The summed E-state index contributed by atoms with van der Waals surface area (Å²) in [6.07, 6.45) is 0.386. The Morgan fingerprint density at radius 1 is 1.35 bits per heavy atom. The molecule has 1 amide bonds. The molecule has 0 aromatic heterocycles. The number of ether oxygens (including phenoxy) is 3. The number of nitrogens with one attached hydrogen (secondary N) is 1.